The van der Waals surface area contributed by atoms with Gasteiger partial charge in [0.1, 0.15) is 5.84 Å². The highest BCUT2D eigenvalue weighted by Crippen LogP contribution is 2.17. The number of anilines is 1. The quantitative estimate of drug-likeness (QED) is 0.0715. The molecule has 12 heteroatoms. The summed E-state index contributed by atoms with van der Waals surface area (Å²) < 4.78 is 27.7. The van der Waals surface area contributed by atoms with Crippen LogP contribution in [0, 0.1) is 0 Å². The van der Waals surface area contributed by atoms with Gasteiger partial charge >= 0.3 is 0 Å². The molecule has 1 amide bonds. The smallest absolute Gasteiger partial charge is 0.226 e. The summed E-state index contributed by atoms with van der Waals surface area (Å²) in [6, 6.07) is 18.1. The second kappa shape index (κ2) is 22.7. The van der Waals surface area contributed by atoms with E-state index in [9.17, 15) is 4.79 Å². The lowest BCUT2D eigenvalue weighted by Crippen LogP contribution is -2.27. The molecule has 2 aromatic rings. The number of nitrogens with two attached hydrogens (primary N) is 2. The Morgan fingerprint density at radius 2 is 1.33 bits per heavy atom. The molecule has 0 saturated heterocycles. The third-order valence-corrected chi connectivity index (χ3v) is 5.79. The SMILES string of the molecule is C=CNC(=O)CCOCCOCCOCCOCCOCCN(Cc1ccc(/C(N)=N/N=C(/C)N)cc1)c1ccccc1. The number of nitrogens with one attached hydrogen (secondary N) is 1. The summed E-state index contributed by atoms with van der Waals surface area (Å²) in [4.78, 5) is 13.5. The number of rotatable bonds is 24. The summed E-state index contributed by atoms with van der Waals surface area (Å²) in [5.74, 6) is 0.545. The summed E-state index contributed by atoms with van der Waals surface area (Å²) in [5, 5.41) is 10.2. The van der Waals surface area contributed by atoms with Gasteiger partial charge in [-0.25, -0.2) is 0 Å². The van der Waals surface area contributed by atoms with Crippen LogP contribution >= 0.6 is 0 Å². The van der Waals surface area contributed by atoms with Crippen LogP contribution < -0.4 is 21.7 Å². The third-order valence-electron chi connectivity index (χ3n) is 5.79. The number of amides is 1. The third kappa shape index (κ3) is 17.0. The van der Waals surface area contributed by atoms with Crippen molar-refractivity contribution in [2.75, 3.05) is 77.5 Å². The first-order valence-corrected chi connectivity index (χ1v) is 14.3. The summed E-state index contributed by atoms with van der Waals surface area (Å²) in [6.45, 7) is 11.2. The second-order valence-electron chi connectivity index (χ2n) is 9.26. The number of ether oxygens (including phenoxy) is 5. The van der Waals surface area contributed by atoms with Gasteiger partial charge in [0.05, 0.1) is 72.5 Å². The molecule has 0 bridgehead atoms. The van der Waals surface area contributed by atoms with E-state index >= 15 is 0 Å². The Balaban J connectivity index is 1.55. The van der Waals surface area contributed by atoms with E-state index < -0.39 is 0 Å². The molecule has 0 aliphatic rings. The molecular formula is C31H46N6O6. The van der Waals surface area contributed by atoms with Crippen LogP contribution in [0.5, 0.6) is 0 Å². The van der Waals surface area contributed by atoms with Crippen LogP contribution in [-0.4, -0.2) is 90.2 Å². The standard InChI is InChI=1S/C31H46N6O6/c1-3-34-30(38)13-15-39-17-19-41-21-23-43-24-22-42-20-18-40-16-14-37(29-7-5-4-6-8-29)25-27-9-11-28(12-10-27)31(33)36-35-26(2)32/h3-12H,1,13-25H2,2H3,(H2,32,35)(H2,33,36)(H,34,38). The fourth-order valence-electron chi connectivity index (χ4n) is 3.64. The zero-order chi connectivity index (χ0) is 31.0. The summed E-state index contributed by atoms with van der Waals surface area (Å²) in [5.41, 5.74) is 14.6. The number of carbonyl (C=O) groups is 1. The van der Waals surface area contributed by atoms with Crippen molar-refractivity contribution in [1.82, 2.24) is 5.32 Å². The minimum Gasteiger partial charge on any atom is -0.386 e. The van der Waals surface area contributed by atoms with E-state index in [0.717, 1.165) is 23.4 Å². The molecule has 0 spiro atoms. The molecule has 2 aromatic carbocycles. The highest BCUT2D eigenvalue weighted by atomic mass is 16.6. The van der Waals surface area contributed by atoms with Crippen LogP contribution in [0.2, 0.25) is 0 Å². The van der Waals surface area contributed by atoms with Gasteiger partial charge in [0, 0.05) is 24.3 Å². The van der Waals surface area contributed by atoms with Gasteiger partial charge in [-0.3, -0.25) is 4.79 Å². The van der Waals surface area contributed by atoms with Crippen molar-refractivity contribution in [3.63, 3.8) is 0 Å². The van der Waals surface area contributed by atoms with Crippen molar-refractivity contribution in [3.05, 3.63) is 78.5 Å². The average molecular weight is 599 g/mol. The summed E-state index contributed by atoms with van der Waals surface area (Å²) in [7, 11) is 0. The normalized spacial score (nSPS) is 11.8. The van der Waals surface area contributed by atoms with Gasteiger partial charge in [-0.1, -0.05) is 49.0 Å². The Labute approximate surface area is 254 Å². The van der Waals surface area contributed by atoms with Crippen molar-refractivity contribution >= 4 is 23.3 Å². The predicted molar refractivity (Wildman–Crippen MR) is 169 cm³/mol. The molecule has 0 aliphatic heterocycles. The zero-order valence-electron chi connectivity index (χ0n) is 25.1. The maximum absolute atomic E-state index is 11.2. The Morgan fingerprint density at radius 1 is 0.791 bits per heavy atom. The van der Waals surface area contributed by atoms with E-state index in [4.69, 9.17) is 35.2 Å². The fraction of sp³-hybridized carbons (Fsp3) is 0.452. The van der Waals surface area contributed by atoms with Gasteiger partial charge in [-0.05, 0) is 30.8 Å². The molecule has 5 N–H and O–H groups in total. The van der Waals surface area contributed by atoms with Crippen LogP contribution in [0.3, 0.4) is 0 Å². The lowest BCUT2D eigenvalue weighted by atomic mass is 10.1. The molecule has 0 atom stereocenters. The van der Waals surface area contributed by atoms with Crippen LogP contribution in [-0.2, 0) is 35.0 Å². The van der Waals surface area contributed by atoms with E-state index in [-0.39, 0.29) is 5.91 Å². The lowest BCUT2D eigenvalue weighted by molar-refractivity contribution is -0.121. The number of hydrogen-bond donors (Lipinski definition) is 3. The number of amidine groups is 2. The van der Waals surface area contributed by atoms with Crippen molar-refractivity contribution < 1.29 is 28.5 Å². The molecule has 236 valence electrons. The van der Waals surface area contributed by atoms with E-state index in [0.29, 0.717) is 90.7 Å². The number of benzene rings is 2. The van der Waals surface area contributed by atoms with Gasteiger partial charge in [-0.15, -0.1) is 10.2 Å². The van der Waals surface area contributed by atoms with Gasteiger partial charge in [0.15, 0.2) is 5.84 Å². The van der Waals surface area contributed by atoms with Crippen LogP contribution in [0.15, 0.2) is 77.6 Å². The molecule has 0 radical (unpaired) electrons. The monoisotopic (exact) mass is 598 g/mol. The summed E-state index contributed by atoms with van der Waals surface area (Å²) >= 11 is 0. The van der Waals surface area contributed by atoms with E-state index in [1.807, 2.05) is 42.5 Å². The Bertz CT molecular complexity index is 1090. The number of hydrogen-bond acceptors (Lipinski definition) is 9. The Hall–Kier alpha value is -3.81. The number of carbonyl (C=O) groups excluding carboxylic acids is 1. The Kier molecular flexibility index (Phi) is 18.7. The van der Waals surface area contributed by atoms with Gasteiger partial charge in [-0.2, -0.15) is 0 Å². The molecular weight excluding hydrogens is 552 g/mol. The van der Waals surface area contributed by atoms with Crippen molar-refractivity contribution in [2.45, 2.75) is 19.9 Å². The van der Waals surface area contributed by atoms with Crippen molar-refractivity contribution in [3.8, 4) is 0 Å². The lowest BCUT2D eigenvalue weighted by Gasteiger charge is -2.25. The summed E-state index contributed by atoms with van der Waals surface area (Å²) in [6.07, 6.45) is 1.65. The number of nitrogens with zero attached hydrogens (tertiary/aromatic N) is 3. The minimum absolute atomic E-state index is 0.119. The molecule has 0 saturated carbocycles. The van der Waals surface area contributed by atoms with Crippen LogP contribution in [0.25, 0.3) is 0 Å². The minimum atomic E-state index is -0.119. The molecule has 0 unspecified atom stereocenters. The molecule has 12 nitrogen and oxygen atoms in total. The first-order valence-electron chi connectivity index (χ1n) is 14.3. The van der Waals surface area contributed by atoms with Gasteiger partial charge in [0.2, 0.25) is 5.91 Å². The fourth-order valence-corrected chi connectivity index (χ4v) is 3.64. The first-order chi connectivity index (χ1) is 21.0. The molecule has 0 aliphatic carbocycles. The van der Waals surface area contributed by atoms with Crippen molar-refractivity contribution in [1.29, 1.82) is 0 Å². The topological polar surface area (TPSA) is 155 Å². The predicted octanol–water partition coefficient (Wildman–Crippen LogP) is 2.42. The maximum atomic E-state index is 11.2. The second-order valence-corrected chi connectivity index (χ2v) is 9.26. The Morgan fingerprint density at radius 3 is 1.86 bits per heavy atom. The molecule has 43 heavy (non-hydrogen) atoms. The highest BCUT2D eigenvalue weighted by Gasteiger charge is 2.08. The van der Waals surface area contributed by atoms with Gasteiger partial charge in [0.25, 0.3) is 0 Å². The zero-order valence-corrected chi connectivity index (χ0v) is 25.1. The van der Waals surface area contributed by atoms with E-state index in [2.05, 4.69) is 39.1 Å². The average Bonchev–Trinajstić information content (AvgIpc) is 3.01. The van der Waals surface area contributed by atoms with Gasteiger partial charge < -0.3 is 45.4 Å². The molecule has 0 fully saturated rings. The molecule has 2 rings (SSSR count). The van der Waals surface area contributed by atoms with E-state index in [1.165, 1.54) is 6.20 Å². The number of para-hydroxylation sites is 1. The largest absolute Gasteiger partial charge is 0.386 e. The molecule has 0 heterocycles. The van der Waals surface area contributed by atoms with Crippen LogP contribution in [0.4, 0.5) is 5.69 Å². The first kappa shape index (κ1) is 35.4. The van der Waals surface area contributed by atoms with E-state index in [1.54, 1.807) is 6.92 Å². The maximum Gasteiger partial charge on any atom is 0.226 e. The molecule has 0 aromatic heterocycles. The van der Waals surface area contributed by atoms with Crippen molar-refractivity contribution in [2.24, 2.45) is 21.7 Å². The highest BCUT2D eigenvalue weighted by molar-refractivity contribution is 5.97. The van der Waals surface area contributed by atoms with Crippen LogP contribution in [0.1, 0.15) is 24.5 Å².